The molecule has 36 heavy (non-hydrogen) atoms. The molecule has 2 N–H and O–H groups in total. The van der Waals surface area contributed by atoms with Gasteiger partial charge in [0.1, 0.15) is 17.7 Å². The minimum atomic E-state index is -1.17. The molecule has 0 bridgehead atoms. The number of aldehydes is 1. The maximum atomic E-state index is 12.0. The van der Waals surface area contributed by atoms with E-state index in [9.17, 15) is 15.0 Å². The summed E-state index contributed by atoms with van der Waals surface area (Å²) >= 11 is 0. The molecule has 0 unspecified atom stereocenters. The molecule has 2 saturated carbocycles. The van der Waals surface area contributed by atoms with Crippen LogP contribution in [0.3, 0.4) is 0 Å². The molecule has 0 saturated heterocycles. The summed E-state index contributed by atoms with van der Waals surface area (Å²) in [5.74, 6) is 1.96. The number of nitrogens with zero attached hydrogens (tertiary/aromatic N) is 4. The molecular formula is C29H28N4O3. The molecule has 1 aliphatic heterocycles. The Balaban J connectivity index is 1.28. The second-order valence-corrected chi connectivity index (χ2v) is 11.1. The van der Waals surface area contributed by atoms with Gasteiger partial charge in [-0.25, -0.2) is 15.0 Å². The number of aliphatic hydroxyl groups is 2. The molecule has 2 aromatic carbocycles. The number of fused-ring (bicyclic) bond motifs is 3. The first-order chi connectivity index (χ1) is 17.4. The van der Waals surface area contributed by atoms with E-state index in [1.165, 1.54) is 18.4 Å². The first-order valence-electron chi connectivity index (χ1n) is 12.7. The van der Waals surface area contributed by atoms with Crippen molar-refractivity contribution in [1.82, 2.24) is 19.5 Å². The molecule has 2 fully saturated rings. The molecule has 0 amide bonds. The summed E-state index contributed by atoms with van der Waals surface area (Å²) in [7, 11) is 0. The SMILES string of the molecule is CC1(O)CC(O)(c2ncc(-c3ccc4nc5n(c4c3)[C@@H](c3c(C=O)cccc3C3CC3)CC5)cn2)C1. The number of aryl methyl sites for hydroxylation is 1. The van der Waals surface area contributed by atoms with Crippen LogP contribution in [0.4, 0.5) is 0 Å². The normalized spacial score (nSPS) is 27.1. The first-order valence-corrected chi connectivity index (χ1v) is 12.7. The largest absolute Gasteiger partial charge is 0.390 e. The van der Waals surface area contributed by atoms with Gasteiger partial charge in [-0.2, -0.15) is 0 Å². The molecule has 7 heteroatoms. The smallest absolute Gasteiger partial charge is 0.160 e. The average Bonchev–Trinajstić information content (AvgIpc) is 3.53. The fraction of sp³-hybridized carbons (Fsp3) is 0.379. The monoisotopic (exact) mass is 480 g/mol. The van der Waals surface area contributed by atoms with Gasteiger partial charge in [0.15, 0.2) is 5.82 Å². The van der Waals surface area contributed by atoms with E-state index in [1.807, 2.05) is 24.3 Å². The van der Waals surface area contributed by atoms with Crippen LogP contribution in [0.25, 0.3) is 22.2 Å². The Kier molecular flexibility index (Phi) is 4.57. The van der Waals surface area contributed by atoms with Crippen molar-refractivity contribution >= 4 is 17.3 Å². The van der Waals surface area contributed by atoms with Gasteiger partial charge < -0.3 is 14.8 Å². The van der Waals surface area contributed by atoms with Crippen molar-refractivity contribution in [3.05, 3.63) is 77.1 Å². The van der Waals surface area contributed by atoms with Crippen LogP contribution in [0.1, 0.15) is 84.1 Å². The Labute approximate surface area is 208 Å². The van der Waals surface area contributed by atoms with E-state index in [0.29, 0.717) is 11.7 Å². The second kappa shape index (κ2) is 7.54. The topological polar surface area (TPSA) is 101 Å². The van der Waals surface area contributed by atoms with Gasteiger partial charge in [0.25, 0.3) is 0 Å². The molecule has 182 valence electrons. The van der Waals surface area contributed by atoms with Crippen LogP contribution in [0, 0.1) is 0 Å². The van der Waals surface area contributed by atoms with Crippen LogP contribution in [-0.2, 0) is 12.0 Å². The summed E-state index contributed by atoms with van der Waals surface area (Å²) in [6, 6.07) is 12.4. The lowest BCUT2D eigenvalue weighted by Crippen LogP contribution is -2.53. The number of benzene rings is 2. The van der Waals surface area contributed by atoms with Gasteiger partial charge in [-0.3, -0.25) is 4.79 Å². The van der Waals surface area contributed by atoms with Crippen molar-refractivity contribution < 1.29 is 15.0 Å². The van der Waals surface area contributed by atoms with Crippen LogP contribution in [0.2, 0.25) is 0 Å². The minimum Gasteiger partial charge on any atom is -0.390 e. The van der Waals surface area contributed by atoms with Crippen LogP contribution in [0.5, 0.6) is 0 Å². The molecule has 7 nitrogen and oxygen atoms in total. The highest BCUT2D eigenvalue weighted by Crippen LogP contribution is 2.48. The Hall–Kier alpha value is -3.42. The van der Waals surface area contributed by atoms with E-state index in [4.69, 9.17) is 4.98 Å². The molecule has 2 aliphatic carbocycles. The number of hydrogen-bond donors (Lipinski definition) is 2. The number of carbonyl (C=O) groups is 1. The summed E-state index contributed by atoms with van der Waals surface area (Å²) in [6.07, 6.45) is 9.13. The van der Waals surface area contributed by atoms with E-state index in [2.05, 4.69) is 26.7 Å². The number of rotatable bonds is 5. The van der Waals surface area contributed by atoms with E-state index >= 15 is 0 Å². The fourth-order valence-corrected chi connectivity index (χ4v) is 6.44. The van der Waals surface area contributed by atoms with Crippen molar-refractivity contribution in [2.24, 2.45) is 0 Å². The standard InChI is InChI=1S/C29H28N4O3/c1-28(35)15-29(36,16-28)27-30-12-20(13-31-27)18-7-8-22-24(11-18)33-23(9-10-25(33)32-22)26-19(14-34)3-2-4-21(26)17-5-6-17/h2-4,7-8,11-14,17,23,35-36H,5-6,9-10,15-16H2,1H3/t23-,28?,29?/m1/s1. The fourth-order valence-electron chi connectivity index (χ4n) is 6.44. The van der Waals surface area contributed by atoms with Crippen molar-refractivity contribution in [2.75, 3.05) is 0 Å². The Morgan fingerprint density at radius 2 is 1.81 bits per heavy atom. The first kappa shape index (κ1) is 21.8. The van der Waals surface area contributed by atoms with E-state index < -0.39 is 11.2 Å². The Morgan fingerprint density at radius 1 is 1.03 bits per heavy atom. The van der Waals surface area contributed by atoms with Gasteiger partial charge in [-0.15, -0.1) is 0 Å². The van der Waals surface area contributed by atoms with Crippen LogP contribution >= 0.6 is 0 Å². The highest BCUT2D eigenvalue weighted by atomic mass is 16.3. The quantitative estimate of drug-likeness (QED) is 0.409. The highest BCUT2D eigenvalue weighted by Gasteiger charge is 2.53. The number of imidazole rings is 1. The number of carbonyl (C=O) groups excluding carboxylic acids is 1. The van der Waals surface area contributed by atoms with Crippen molar-refractivity contribution in [1.29, 1.82) is 0 Å². The van der Waals surface area contributed by atoms with E-state index in [0.717, 1.165) is 58.2 Å². The summed E-state index contributed by atoms with van der Waals surface area (Å²) in [6.45, 7) is 1.71. The lowest BCUT2D eigenvalue weighted by molar-refractivity contribution is -0.180. The minimum absolute atomic E-state index is 0.0940. The molecule has 0 radical (unpaired) electrons. The molecule has 2 aromatic heterocycles. The summed E-state index contributed by atoms with van der Waals surface area (Å²) in [4.78, 5) is 25.8. The van der Waals surface area contributed by atoms with Crippen LogP contribution < -0.4 is 0 Å². The molecular weight excluding hydrogens is 452 g/mol. The zero-order valence-electron chi connectivity index (χ0n) is 20.2. The summed E-state index contributed by atoms with van der Waals surface area (Å²) in [5, 5.41) is 20.8. The van der Waals surface area contributed by atoms with Gasteiger partial charge in [0, 0.05) is 42.8 Å². The van der Waals surface area contributed by atoms with Crippen molar-refractivity contribution in [2.45, 2.75) is 68.6 Å². The van der Waals surface area contributed by atoms with Gasteiger partial charge in [0.05, 0.1) is 22.7 Å². The highest BCUT2D eigenvalue weighted by molar-refractivity contribution is 5.84. The predicted octanol–water partition coefficient (Wildman–Crippen LogP) is 4.45. The average molecular weight is 481 g/mol. The zero-order chi connectivity index (χ0) is 24.7. The third kappa shape index (κ3) is 3.33. The van der Waals surface area contributed by atoms with Crippen LogP contribution in [-0.4, -0.2) is 41.6 Å². The Morgan fingerprint density at radius 3 is 2.50 bits per heavy atom. The summed E-state index contributed by atoms with van der Waals surface area (Å²) < 4.78 is 2.32. The molecule has 1 atom stereocenters. The van der Waals surface area contributed by atoms with E-state index in [-0.39, 0.29) is 18.9 Å². The van der Waals surface area contributed by atoms with Gasteiger partial charge in [-0.1, -0.05) is 24.3 Å². The Bertz CT molecular complexity index is 1510. The second-order valence-electron chi connectivity index (χ2n) is 11.1. The maximum absolute atomic E-state index is 12.0. The lowest BCUT2D eigenvalue weighted by atomic mass is 9.68. The predicted molar refractivity (Wildman–Crippen MR) is 135 cm³/mol. The zero-order valence-corrected chi connectivity index (χ0v) is 20.2. The third-order valence-electron chi connectivity index (χ3n) is 8.11. The molecule has 0 spiro atoms. The molecule has 3 aliphatic rings. The van der Waals surface area contributed by atoms with Crippen molar-refractivity contribution in [3.63, 3.8) is 0 Å². The van der Waals surface area contributed by atoms with E-state index in [1.54, 1.807) is 19.3 Å². The molecule has 4 aromatic rings. The van der Waals surface area contributed by atoms with Gasteiger partial charge in [0.2, 0.25) is 0 Å². The van der Waals surface area contributed by atoms with Gasteiger partial charge in [-0.05, 0) is 60.9 Å². The number of aromatic nitrogens is 4. The third-order valence-corrected chi connectivity index (χ3v) is 8.11. The lowest BCUT2D eigenvalue weighted by Gasteiger charge is -2.46. The summed E-state index contributed by atoms with van der Waals surface area (Å²) in [5.41, 5.74) is 5.03. The number of hydrogen-bond acceptors (Lipinski definition) is 6. The van der Waals surface area contributed by atoms with Crippen molar-refractivity contribution in [3.8, 4) is 11.1 Å². The van der Waals surface area contributed by atoms with Gasteiger partial charge >= 0.3 is 0 Å². The molecule has 7 rings (SSSR count). The maximum Gasteiger partial charge on any atom is 0.160 e. The van der Waals surface area contributed by atoms with Crippen LogP contribution in [0.15, 0.2) is 48.8 Å². The molecule has 3 heterocycles.